The number of aliphatic hydroxyl groups excluding tert-OH is 1. The Labute approximate surface area is 144 Å². The third kappa shape index (κ3) is 3.75. The van der Waals surface area contributed by atoms with Crippen LogP contribution in [0.2, 0.25) is 5.02 Å². The van der Waals surface area contributed by atoms with Crippen LogP contribution in [0.4, 0.5) is 5.69 Å². The minimum atomic E-state index is -0.712. The maximum absolute atomic E-state index is 12.4. The molecule has 0 saturated heterocycles. The summed E-state index contributed by atoms with van der Waals surface area (Å²) in [6.07, 6.45) is 0.728. The van der Waals surface area contributed by atoms with E-state index in [1.165, 1.54) is 16.5 Å². The second-order valence-corrected chi connectivity index (χ2v) is 6.20. The van der Waals surface area contributed by atoms with Gasteiger partial charge in [-0.15, -0.1) is 0 Å². The topological polar surface area (TPSA) is 67.2 Å². The molecule has 1 atom stereocenters. The molecule has 2 N–H and O–H groups in total. The van der Waals surface area contributed by atoms with Crippen molar-refractivity contribution in [3.05, 3.63) is 69.7 Å². The number of halogens is 1. The van der Waals surface area contributed by atoms with Crippen LogP contribution in [0.3, 0.4) is 0 Å². The molecule has 0 aliphatic heterocycles. The lowest BCUT2D eigenvalue weighted by Gasteiger charge is -2.14. The lowest BCUT2D eigenvalue weighted by atomic mass is 10.2. The van der Waals surface area contributed by atoms with Crippen molar-refractivity contribution in [2.75, 3.05) is 11.9 Å². The van der Waals surface area contributed by atoms with Gasteiger partial charge in [-0.3, -0.25) is 9.36 Å². The van der Waals surface area contributed by atoms with Crippen LogP contribution in [0, 0.1) is 6.92 Å². The molecular weight excluding hydrogens is 326 g/mol. The molecule has 3 rings (SSSR count). The molecule has 1 unspecified atom stereocenters. The number of anilines is 1. The third-order valence-electron chi connectivity index (χ3n) is 3.79. The minimum Gasteiger partial charge on any atom is -0.389 e. The SMILES string of the molecule is Cc1ccc(NCC(O)Cn2cnc3cc(Cl)ccc3c2=O)cc1. The zero-order chi connectivity index (χ0) is 17.1. The second-order valence-electron chi connectivity index (χ2n) is 5.76. The summed E-state index contributed by atoms with van der Waals surface area (Å²) in [5, 5.41) is 14.4. The molecule has 0 saturated carbocycles. The van der Waals surface area contributed by atoms with Crippen LogP contribution in [0.5, 0.6) is 0 Å². The molecule has 0 bridgehead atoms. The molecule has 0 aliphatic carbocycles. The van der Waals surface area contributed by atoms with Crippen LogP contribution < -0.4 is 10.9 Å². The third-order valence-corrected chi connectivity index (χ3v) is 4.02. The van der Waals surface area contributed by atoms with E-state index >= 15 is 0 Å². The number of aromatic nitrogens is 2. The second kappa shape index (κ2) is 7.03. The Hall–Kier alpha value is -2.37. The largest absolute Gasteiger partial charge is 0.389 e. The van der Waals surface area contributed by atoms with E-state index in [9.17, 15) is 9.90 Å². The zero-order valence-electron chi connectivity index (χ0n) is 13.2. The summed E-state index contributed by atoms with van der Waals surface area (Å²) in [5.41, 5.74) is 2.47. The molecule has 6 heteroatoms. The van der Waals surface area contributed by atoms with Gasteiger partial charge in [0.1, 0.15) is 0 Å². The molecule has 0 radical (unpaired) electrons. The molecule has 1 heterocycles. The van der Waals surface area contributed by atoms with E-state index in [0.29, 0.717) is 22.5 Å². The van der Waals surface area contributed by atoms with Gasteiger partial charge in [-0.25, -0.2) is 4.98 Å². The zero-order valence-corrected chi connectivity index (χ0v) is 14.0. The number of fused-ring (bicyclic) bond motifs is 1. The van der Waals surface area contributed by atoms with Crippen molar-refractivity contribution in [2.45, 2.75) is 19.6 Å². The van der Waals surface area contributed by atoms with Gasteiger partial charge in [0.2, 0.25) is 0 Å². The normalized spacial score (nSPS) is 12.3. The Morgan fingerprint density at radius 2 is 2.00 bits per heavy atom. The number of aryl methyl sites for hydroxylation is 1. The lowest BCUT2D eigenvalue weighted by molar-refractivity contribution is 0.165. The highest BCUT2D eigenvalue weighted by atomic mass is 35.5. The fourth-order valence-electron chi connectivity index (χ4n) is 2.46. The minimum absolute atomic E-state index is 0.170. The van der Waals surface area contributed by atoms with Crippen molar-refractivity contribution in [3.63, 3.8) is 0 Å². The fraction of sp³-hybridized carbons (Fsp3) is 0.222. The van der Waals surface area contributed by atoms with E-state index in [1.807, 2.05) is 31.2 Å². The van der Waals surface area contributed by atoms with E-state index in [0.717, 1.165) is 5.69 Å². The van der Waals surface area contributed by atoms with Gasteiger partial charge in [-0.2, -0.15) is 0 Å². The molecule has 24 heavy (non-hydrogen) atoms. The Morgan fingerprint density at radius 3 is 2.75 bits per heavy atom. The first-order valence-electron chi connectivity index (χ1n) is 7.66. The van der Waals surface area contributed by atoms with Crippen LogP contribution in [0.15, 0.2) is 53.6 Å². The van der Waals surface area contributed by atoms with Crippen LogP contribution in [0.25, 0.3) is 10.9 Å². The molecule has 2 aromatic carbocycles. The van der Waals surface area contributed by atoms with Gasteiger partial charge in [-0.1, -0.05) is 29.3 Å². The maximum atomic E-state index is 12.4. The van der Waals surface area contributed by atoms with Crippen molar-refractivity contribution in [1.29, 1.82) is 0 Å². The van der Waals surface area contributed by atoms with E-state index in [-0.39, 0.29) is 12.1 Å². The first-order valence-corrected chi connectivity index (χ1v) is 8.04. The molecule has 1 aromatic heterocycles. The maximum Gasteiger partial charge on any atom is 0.261 e. The van der Waals surface area contributed by atoms with Crippen LogP contribution >= 0.6 is 11.6 Å². The Morgan fingerprint density at radius 1 is 1.25 bits per heavy atom. The van der Waals surface area contributed by atoms with Crippen molar-refractivity contribution >= 4 is 28.2 Å². The van der Waals surface area contributed by atoms with E-state index < -0.39 is 6.10 Å². The summed E-state index contributed by atoms with van der Waals surface area (Å²) in [4.78, 5) is 16.7. The highest BCUT2D eigenvalue weighted by Gasteiger charge is 2.09. The number of benzene rings is 2. The average molecular weight is 344 g/mol. The van der Waals surface area contributed by atoms with Crippen LogP contribution in [-0.4, -0.2) is 27.3 Å². The number of rotatable bonds is 5. The van der Waals surface area contributed by atoms with Gasteiger partial charge < -0.3 is 10.4 Å². The van der Waals surface area contributed by atoms with E-state index in [1.54, 1.807) is 18.2 Å². The molecule has 0 amide bonds. The molecule has 0 aliphatic rings. The molecule has 0 fully saturated rings. The summed E-state index contributed by atoms with van der Waals surface area (Å²) < 4.78 is 1.41. The van der Waals surface area contributed by atoms with Crippen molar-refractivity contribution in [2.24, 2.45) is 0 Å². The van der Waals surface area contributed by atoms with E-state index in [2.05, 4.69) is 10.3 Å². The Balaban J connectivity index is 1.70. The molecule has 5 nitrogen and oxygen atoms in total. The average Bonchev–Trinajstić information content (AvgIpc) is 2.57. The summed E-state index contributed by atoms with van der Waals surface area (Å²) in [5.74, 6) is 0. The Bertz CT molecular complexity index is 906. The molecule has 124 valence electrons. The van der Waals surface area contributed by atoms with Gasteiger partial charge in [0.25, 0.3) is 5.56 Å². The van der Waals surface area contributed by atoms with Crippen molar-refractivity contribution in [1.82, 2.24) is 9.55 Å². The monoisotopic (exact) mass is 343 g/mol. The van der Waals surface area contributed by atoms with Crippen molar-refractivity contribution < 1.29 is 5.11 Å². The quantitative estimate of drug-likeness (QED) is 0.747. The highest BCUT2D eigenvalue weighted by Crippen LogP contribution is 2.14. The summed E-state index contributed by atoms with van der Waals surface area (Å²) in [6, 6.07) is 12.9. The number of nitrogens with one attached hydrogen (secondary N) is 1. The summed E-state index contributed by atoms with van der Waals surface area (Å²) >= 11 is 5.91. The number of nitrogens with zero attached hydrogens (tertiary/aromatic N) is 2. The van der Waals surface area contributed by atoms with Gasteiger partial charge in [0, 0.05) is 17.3 Å². The predicted octanol–water partition coefficient (Wildman–Crippen LogP) is 2.83. The van der Waals surface area contributed by atoms with E-state index in [4.69, 9.17) is 11.6 Å². The van der Waals surface area contributed by atoms with Gasteiger partial charge in [0.05, 0.1) is 29.9 Å². The first kappa shape index (κ1) is 16.5. The van der Waals surface area contributed by atoms with Crippen LogP contribution in [-0.2, 0) is 6.54 Å². The molecular formula is C18H18ClN3O2. The predicted molar refractivity (Wildman–Crippen MR) is 96.7 cm³/mol. The lowest BCUT2D eigenvalue weighted by Crippen LogP contribution is -2.31. The van der Waals surface area contributed by atoms with Gasteiger partial charge in [-0.05, 0) is 37.3 Å². The Kier molecular flexibility index (Phi) is 4.83. The summed E-state index contributed by atoms with van der Waals surface area (Å²) in [7, 11) is 0. The highest BCUT2D eigenvalue weighted by molar-refractivity contribution is 6.31. The number of aliphatic hydroxyl groups is 1. The summed E-state index contributed by atoms with van der Waals surface area (Å²) in [6.45, 7) is 2.53. The smallest absolute Gasteiger partial charge is 0.261 e. The van der Waals surface area contributed by atoms with Gasteiger partial charge in [0.15, 0.2) is 0 Å². The number of hydrogen-bond donors (Lipinski definition) is 2. The fourth-order valence-corrected chi connectivity index (χ4v) is 2.63. The standard InChI is InChI=1S/C18H18ClN3O2/c1-12-2-5-14(6-3-12)20-9-15(23)10-22-11-21-17-8-13(19)4-7-16(17)18(22)24/h2-8,11,15,20,23H,9-10H2,1H3. The molecule has 0 spiro atoms. The van der Waals surface area contributed by atoms with Crippen molar-refractivity contribution in [3.8, 4) is 0 Å². The first-order chi connectivity index (χ1) is 11.5. The van der Waals surface area contributed by atoms with Crippen LogP contribution in [0.1, 0.15) is 5.56 Å². The molecule has 3 aromatic rings. The number of hydrogen-bond acceptors (Lipinski definition) is 4. The van der Waals surface area contributed by atoms with Gasteiger partial charge >= 0.3 is 0 Å².